The number of amides is 1. The van der Waals surface area contributed by atoms with Crippen molar-refractivity contribution in [2.24, 2.45) is 0 Å². The van der Waals surface area contributed by atoms with E-state index in [2.05, 4.69) is 69.8 Å². The molecule has 0 radical (unpaired) electrons. The molecule has 6 rings (SSSR count). The molecule has 9 nitrogen and oxygen atoms in total. The summed E-state index contributed by atoms with van der Waals surface area (Å²) < 4.78 is 12.7. The fourth-order valence-corrected chi connectivity index (χ4v) is 7.54. The molecule has 0 atom stereocenters. The molecule has 0 aromatic heterocycles. The number of likely N-dealkylation sites (tertiary alicyclic amines) is 1. The number of nitriles is 1. The van der Waals surface area contributed by atoms with Gasteiger partial charge in [0, 0.05) is 70.1 Å². The second-order valence-corrected chi connectivity index (χ2v) is 14.4. The van der Waals surface area contributed by atoms with Crippen LogP contribution in [0.25, 0.3) is 11.1 Å². The molecule has 0 bridgehead atoms. The Balaban J connectivity index is 1.14. The second kappa shape index (κ2) is 18.4. The van der Waals surface area contributed by atoms with E-state index in [1.54, 1.807) is 6.07 Å². The second-order valence-electron chi connectivity index (χ2n) is 14.0. The van der Waals surface area contributed by atoms with E-state index < -0.39 is 0 Å². The molecular weight excluding hydrogens is 686 g/mol. The van der Waals surface area contributed by atoms with Crippen LogP contribution < -0.4 is 25.0 Å². The van der Waals surface area contributed by atoms with Gasteiger partial charge < -0.3 is 35.0 Å². The van der Waals surface area contributed by atoms with Crippen LogP contribution in [-0.4, -0.2) is 67.8 Å². The van der Waals surface area contributed by atoms with Gasteiger partial charge in [-0.2, -0.15) is 5.26 Å². The predicted molar refractivity (Wildman–Crippen MR) is 210 cm³/mol. The molecule has 4 aromatic carbocycles. The Bertz CT molecular complexity index is 1920. The van der Waals surface area contributed by atoms with Crippen LogP contribution in [0.4, 0.5) is 5.69 Å². The van der Waals surface area contributed by atoms with Gasteiger partial charge in [-0.25, -0.2) is 0 Å². The van der Waals surface area contributed by atoms with Crippen LogP contribution in [0.3, 0.4) is 0 Å². The third-order valence-corrected chi connectivity index (χ3v) is 10.6. The molecule has 1 saturated heterocycles. The minimum Gasteiger partial charge on any atom is -0.488 e. The highest BCUT2D eigenvalue weighted by Crippen LogP contribution is 2.39. The molecule has 2 heterocycles. The van der Waals surface area contributed by atoms with Gasteiger partial charge in [0.15, 0.2) is 0 Å². The number of piperidine rings is 1. The summed E-state index contributed by atoms with van der Waals surface area (Å²) in [6, 6.07) is 26.3. The smallest absolute Gasteiger partial charge is 0.216 e. The maximum Gasteiger partial charge on any atom is 0.216 e. The Morgan fingerprint density at radius 3 is 2.51 bits per heavy atom. The van der Waals surface area contributed by atoms with E-state index in [-0.39, 0.29) is 18.6 Å². The average molecular weight is 736 g/mol. The fraction of sp³-hybridized carbons (Fsp3) is 0.395. The first-order valence-electron chi connectivity index (χ1n) is 18.7. The number of anilines is 1. The van der Waals surface area contributed by atoms with Gasteiger partial charge in [-0.05, 0) is 96.8 Å². The molecule has 1 amide bonds. The standard InChI is InChI=1S/C43H50ClN5O4/c1-30-34(9-4-10-37(30)38-11-5-12-41-39(38)15-22-49(41)19-6-18-48-20-13-36(51)14-21-48)29-53-43-25-42(52-28-33-8-3-7-32(23-33)26-45)35(24-40(43)44)27-46-16-17-47-31(2)50/h3-5,7-12,23-25,36,46,51H,6,13-22,27-29H2,1-2H3,(H,47,50). The maximum atomic E-state index is 11.3. The molecule has 4 aromatic rings. The van der Waals surface area contributed by atoms with Crippen molar-refractivity contribution >= 4 is 23.2 Å². The van der Waals surface area contributed by atoms with E-state index in [1.165, 1.54) is 34.9 Å². The van der Waals surface area contributed by atoms with Crippen molar-refractivity contribution < 1.29 is 19.4 Å². The van der Waals surface area contributed by atoms with Gasteiger partial charge >= 0.3 is 0 Å². The van der Waals surface area contributed by atoms with Gasteiger partial charge in [-0.15, -0.1) is 0 Å². The van der Waals surface area contributed by atoms with E-state index in [9.17, 15) is 15.2 Å². The summed E-state index contributed by atoms with van der Waals surface area (Å²) >= 11 is 6.82. The van der Waals surface area contributed by atoms with E-state index in [0.29, 0.717) is 48.3 Å². The number of hydrogen-bond acceptors (Lipinski definition) is 8. The highest BCUT2D eigenvalue weighted by atomic mass is 35.5. The number of ether oxygens (including phenoxy) is 2. The Morgan fingerprint density at radius 2 is 1.70 bits per heavy atom. The molecule has 53 heavy (non-hydrogen) atoms. The number of nitrogens with one attached hydrogen (secondary N) is 2. The van der Waals surface area contributed by atoms with Crippen molar-refractivity contribution in [2.75, 3.05) is 50.7 Å². The number of hydrogen-bond donors (Lipinski definition) is 3. The molecule has 1 fully saturated rings. The molecular formula is C43H50ClN5O4. The minimum atomic E-state index is -0.131. The Labute approximate surface area is 318 Å². The van der Waals surface area contributed by atoms with Crippen molar-refractivity contribution in [1.29, 1.82) is 5.26 Å². The molecule has 2 aliphatic rings. The predicted octanol–water partition coefficient (Wildman–Crippen LogP) is 6.78. The molecule has 0 saturated carbocycles. The third-order valence-electron chi connectivity index (χ3n) is 10.3. The highest BCUT2D eigenvalue weighted by Gasteiger charge is 2.24. The molecule has 0 aliphatic carbocycles. The summed E-state index contributed by atoms with van der Waals surface area (Å²) in [4.78, 5) is 16.3. The number of benzene rings is 4. The molecule has 3 N–H and O–H groups in total. The van der Waals surface area contributed by atoms with Crippen LogP contribution >= 0.6 is 11.6 Å². The molecule has 2 aliphatic heterocycles. The van der Waals surface area contributed by atoms with Crippen LogP contribution in [0.15, 0.2) is 72.8 Å². The first-order valence-corrected chi connectivity index (χ1v) is 19.0. The lowest BCUT2D eigenvalue weighted by Crippen LogP contribution is -2.37. The van der Waals surface area contributed by atoms with Crippen molar-refractivity contribution in [2.45, 2.75) is 65.4 Å². The van der Waals surface area contributed by atoms with Crippen LogP contribution in [0.2, 0.25) is 5.02 Å². The van der Waals surface area contributed by atoms with E-state index >= 15 is 0 Å². The van der Waals surface area contributed by atoms with Gasteiger partial charge in [-0.1, -0.05) is 54.1 Å². The van der Waals surface area contributed by atoms with E-state index in [0.717, 1.165) is 75.1 Å². The lowest BCUT2D eigenvalue weighted by molar-refractivity contribution is -0.118. The number of carbonyl (C=O) groups is 1. The van der Waals surface area contributed by atoms with Gasteiger partial charge in [0.2, 0.25) is 5.91 Å². The number of fused-ring (bicyclic) bond motifs is 1. The topological polar surface area (TPSA) is 110 Å². The number of nitrogens with zero attached hydrogens (tertiary/aromatic N) is 3. The fourth-order valence-electron chi connectivity index (χ4n) is 7.30. The van der Waals surface area contributed by atoms with Crippen LogP contribution in [0, 0.1) is 18.3 Å². The number of carbonyl (C=O) groups excluding carboxylic acids is 1. The highest BCUT2D eigenvalue weighted by molar-refractivity contribution is 6.32. The third kappa shape index (κ3) is 10.1. The first-order chi connectivity index (χ1) is 25.8. The molecule has 278 valence electrons. The zero-order valence-electron chi connectivity index (χ0n) is 30.8. The Kier molecular flexibility index (Phi) is 13.3. The summed E-state index contributed by atoms with van der Waals surface area (Å²) in [6.45, 7) is 11.0. The summed E-state index contributed by atoms with van der Waals surface area (Å²) in [7, 11) is 0. The van der Waals surface area contributed by atoms with Crippen LogP contribution in [0.5, 0.6) is 11.5 Å². The quantitative estimate of drug-likeness (QED) is 0.108. The lowest BCUT2D eigenvalue weighted by atomic mass is 9.92. The summed E-state index contributed by atoms with van der Waals surface area (Å²) in [5.74, 6) is 1.08. The van der Waals surface area contributed by atoms with Crippen LogP contribution in [-0.2, 0) is 31.0 Å². The number of rotatable bonds is 16. The maximum absolute atomic E-state index is 11.3. The minimum absolute atomic E-state index is 0.0715. The number of aliphatic hydroxyl groups excluding tert-OH is 1. The Morgan fingerprint density at radius 1 is 0.925 bits per heavy atom. The summed E-state index contributed by atoms with van der Waals surface area (Å²) in [5.41, 5.74) is 9.81. The largest absolute Gasteiger partial charge is 0.488 e. The first kappa shape index (κ1) is 38.1. The number of halogens is 1. The van der Waals surface area contributed by atoms with Gasteiger partial charge in [-0.3, -0.25) is 4.79 Å². The lowest BCUT2D eigenvalue weighted by Gasteiger charge is -2.30. The average Bonchev–Trinajstić information content (AvgIpc) is 3.58. The van der Waals surface area contributed by atoms with Crippen LogP contribution in [0.1, 0.15) is 59.6 Å². The van der Waals surface area contributed by atoms with E-state index in [1.807, 2.05) is 30.3 Å². The summed E-state index contributed by atoms with van der Waals surface area (Å²) in [6.07, 6.45) is 3.78. The molecule has 0 spiro atoms. The van der Waals surface area contributed by atoms with Gasteiger partial charge in [0.1, 0.15) is 24.7 Å². The van der Waals surface area contributed by atoms with Gasteiger partial charge in [0.25, 0.3) is 0 Å². The van der Waals surface area contributed by atoms with E-state index in [4.69, 9.17) is 21.1 Å². The normalized spacial score (nSPS) is 14.5. The zero-order chi connectivity index (χ0) is 37.2. The SMILES string of the molecule is CC(=O)NCCNCc1cc(Cl)c(OCc2cccc(-c3cccc4c3CCN4CCCN3CCC(O)CC3)c2C)cc1OCc1cccc(C#N)c1. The molecule has 10 heteroatoms. The summed E-state index contributed by atoms with van der Waals surface area (Å²) in [5, 5.41) is 25.8. The number of aliphatic hydroxyl groups is 1. The van der Waals surface area contributed by atoms with Crippen molar-refractivity contribution in [3.8, 4) is 28.7 Å². The van der Waals surface area contributed by atoms with Crippen molar-refractivity contribution in [3.05, 3.63) is 111 Å². The van der Waals surface area contributed by atoms with Crippen molar-refractivity contribution in [3.63, 3.8) is 0 Å². The van der Waals surface area contributed by atoms with Gasteiger partial charge in [0.05, 0.1) is 22.8 Å². The Hall–Kier alpha value is -4.59. The molecule has 0 unspecified atom stereocenters. The monoisotopic (exact) mass is 735 g/mol. The zero-order valence-corrected chi connectivity index (χ0v) is 31.6. The van der Waals surface area contributed by atoms with Crippen molar-refractivity contribution in [1.82, 2.24) is 15.5 Å².